The van der Waals surface area contributed by atoms with E-state index in [1.54, 1.807) is 12.1 Å². The van der Waals surface area contributed by atoms with Gasteiger partial charge < -0.3 is 14.6 Å². The number of carbonyl (C=O) groups excluding carboxylic acids is 2. The Morgan fingerprint density at radius 2 is 1.73 bits per heavy atom. The van der Waals surface area contributed by atoms with Crippen LogP contribution in [-0.2, 0) is 14.3 Å². The Morgan fingerprint density at radius 1 is 0.970 bits per heavy atom. The summed E-state index contributed by atoms with van der Waals surface area (Å²) in [5, 5.41) is 11.3. The van der Waals surface area contributed by atoms with Crippen LogP contribution in [0.5, 0.6) is 0 Å². The minimum atomic E-state index is -0.498. The fourth-order valence-corrected chi connectivity index (χ4v) is 7.87. The molecule has 3 fully saturated rings. The molecule has 1 aromatic rings. The molecule has 0 radical (unpaired) electrons. The molecule has 0 saturated heterocycles. The standard InChI is InChI=1S/C28H36O5/c1-17(29)32-20-11-13-27(2)19(15-20)16-23(30)25-21-9-10-24(28(21,3)14-12-22(25)27)33-26(31)18-7-5-4-6-8-18/h4-8,16,20-25,30H,9-15H2,1-3H3/t20-,21?,22?,23+,24-,25?,27-,28-/m0/s1. The smallest absolute Gasteiger partial charge is 0.338 e. The summed E-state index contributed by atoms with van der Waals surface area (Å²) in [5.74, 6) is 0.455. The number of esters is 2. The normalized spacial score (nSPS) is 41.8. The van der Waals surface area contributed by atoms with Gasteiger partial charge in [0.25, 0.3) is 0 Å². The van der Waals surface area contributed by atoms with Gasteiger partial charge in [-0.05, 0) is 73.8 Å². The van der Waals surface area contributed by atoms with Gasteiger partial charge in [-0.25, -0.2) is 4.79 Å². The third-order valence-electron chi connectivity index (χ3n) is 9.59. The summed E-state index contributed by atoms with van der Waals surface area (Å²) in [7, 11) is 0. The summed E-state index contributed by atoms with van der Waals surface area (Å²) in [4.78, 5) is 24.3. The van der Waals surface area contributed by atoms with Crippen LogP contribution in [0, 0.1) is 28.6 Å². The van der Waals surface area contributed by atoms with Crippen LogP contribution in [0.1, 0.15) is 76.1 Å². The zero-order chi connectivity index (χ0) is 23.4. The van der Waals surface area contributed by atoms with Crippen molar-refractivity contribution >= 4 is 11.9 Å². The Labute approximate surface area is 196 Å². The van der Waals surface area contributed by atoms with Crippen LogP contribution in [0.2, 0.25) is 0 Å². The molecule has 8 atom stereocenters. The topological polar surface area (TPSA) is 72.8 Å². The quantitative estimate of drug-likeness (QED) is 0.512. The maximum atomic E-state index is 12.8. The summed E-state index contributed by atoms with van der Waals surface area (Å²) >= 11 is 0. The van der Waals surface area contributed by atoms with E-state index >= 15 is 0 Å². The largest absolute Gasteiger partial charge is 0.462 e. The minimum Gasteiger partial charge on any atom is -0.462 e. The van der Waals surface area contributed by atoms with Crippen molar-refractivity contribution in [2.45, 2.75) is 84.0 Å². The maximum Gasteiger partial charge on any atom is 0.338 e. The highest BCUT2D eigenvalue weighted by Crippen LogP contribution is 2.65. The monoisotopic (exact) mass is 452 g/mol. The number of benzene rings is 1. The summed E-state index contributed by atoms with van der Waals surface area (Å²) in [5.41, 5.74) is 1.80. The molecule has 3 unspecified atom stereocenters. The van der Waals surface area contributed by atoms with Crippen molar-refractivity contribution in [2.24, 2.45) is 28.6 Å². The van der Waals surface area contributed by atoms with Crippen LogP contribution in [0.4, 0.5) is 0 Å². The van der Waals surface area contributed by atoms with E-state index < -0.39 is 6.10 Å². The second-order valence-electron chi connectivity index (χ2n) is 11.2. The van der Waals surface area contributed by atoms with Gasteiger partial charge in [-0.15, -0.1) is 0 Å². The molecular formula is C28H36O5. The Hall–Kier alpha value is -2.14. The van der Waals surface area contributed by atoms with Crippen molar-refractivity contribution in [3.63, 3.8) is 0 Å². The number of hydrogen-bond donors (Lipinski definition) is 1. The number of rotatable bonds is 3. The van der Waals surface area contributed by atoms with Crippen molar-refractivity contribution in [1.82, 2.24) is 0 Å². The summed E-state index contributed by atoms with van der Waals surface area (Å²) < 4.78 is 11.6. The van der Waals surface area contributed by atoms with Crippen LogP contribution >= 0.6 is 0 Å². The average molecular weight is 453 g/mol. The number of carbonyl (C=O) groups is 2. The predicted molar refractivity (Wildman–Crippen MR) is 124 cm³/mol. The first-order valence-corrected chi connectivity index (χ1v) is 12.5. The van der Waals surface area contributed by atoms with Gasteiger partial charge in [-0.1, -0.05) is 43.7 Å². The SMILES string of the molecule is CC(=O)O[C@H]1CC[C@@]2(C)C(=C[C@@H](O)C3C2CC[C@@]2(C)C3CC[C@@H]2OC(=O)c2ccccc2)C1. The number of ether oxygens (including phenoxy) is 2. The first-order chi connectivity index (χ1) is 15.7. The first-order valence-electron chi connectivity index (χ1n) is 12.5. The Morgan fingerprint density at radius 3 is 2.45 bits per heavy atom. The van der Waals surface area contributed by atoms with Gasteiger partial charge in [0.15, 0.2) is 0 Å². The zero-order valence-electron chi connectivity index (χ0n) is 20.0. The van der Waals surface area contributed by atoms with Gasteiger partial charge in [0, 0.05) is 18.8 Å². The van der Waals surface area contributed by atoms with Crippen molar-refractivity contribution in [1.29, 1.82) is 0 Å². The lowest BCUT2D eigenvalue weighted by Crippen LogP contribution is -2.55. The maximum absolute atomic E-state index is 12.8. The highest BCUT2D eigenvalue weighted by Gasteiger charge is 2.61. The van der Waals surface area contributed by atoms with E-state index in [0.717, 1.165) is 44.9 Å². The highest BCUT2D eigenvalue weighted by molar-refractivity contribution is 5.89. The van der Waals surface area contributed by atoms with Crippen LogP contribution in [-0.4, -0.2) is 35.4 Å². The molecule has 5 nitrogen and oxygen atoms in total. The molecule has 4 aliphatic carbocycles. The van der Waals surface area contributed by atoms with Crippen molar-refractivity contribution in [3.8, 4) is 0 Å². The molecule has 4 aliphatic rings. The van der Waals surface area contributed by atoms with Crippen LogP contribution in [0.25, 0.3) is 0 Å². The van der Waals surface area contributed by atoms with E-state index in [4.69, 9.17) is 9.47 Å². The fourth-order valence-electron chi connectivity index (χ4n) is 7.87. The number of hydrogen-bond acceptors (Lipinski definition) is 5. The Kier molecular flexibility index (Phi) is 5.67. The molecule has 0 heterocycles. The molecule has 0 spiro atoms. The Bertz CT molecular complexity index is 954. The van der Waals surface area contributed by atoms with Crippen molar-refractivity contribution in [2.75, 3.05) is 0 Å². The van der Waals surface area contributed by atoms with Gasteiger partial charge in [-0.2, -0.15) is 0 Å². The highest BCUT2D eigenvalue weighted by atomic mass is 16.5. The van der Waals surface area contributed by atoms with Gasteiger partial charge in [0.05, 0.1) is 11.7 Å². The lowest BCUT2D eigenvalue weighted by atomic mass is 9.47. The zero-order valence-corrected chi connectivity index (χ0v) is 20.0. The summed E-state index contributed by atoms with van der Waals surface area (Å²) in [6, 6.07) is 9.23. The third-order valence-corrected chi connectivity index (χ3v) is 9.59. The summed E-state index contributed by atoms with van der Waals surface area (Å²) in [6.07, 6.45) is 7.87. The van der Waals surface area contributed by atoms with Crippen LogP contribution in [0.15, 0.2) is 42.0 Å². The second-order valence-corrected chi connectivity index (χ2v) is 11.2. The molecule has 5 heteroatoms. The average Bonchev–Trinajstić information content (AvgIpc) is 3.11. The van der Waals surface area contributed by atoms with Crippen molar-refractivity contribution < 1.29 is 24.2 Å². The lowest BCUT2D eigenvalue weighted by molar-refractivity contribution is -0.149. The number of aliphatic hydroxyl groups excluding tert-OH is 1. The molecule has 0 aliphatic heterocycles. The second kappa shape index (κ2) is 8.26. The van der Waals surface area contributed by atoms with Gasteiger partial charge in [0.1, 0.15) is 12.2 Å². The molecule has 33 heavy (non-hydrogen) atoms. The van der Waals surface area contributed by atoms with E-state index in [2.05, 4.69) is 19.9 Å². The fraction of sp³-hybridized carbons (Fsp3) is 0.643. The Balaban J connectivity index is 1.37. The molecular weight excluding hydrogens is 416 g/mol. The minimum absolute atomic E-state index is 0.0423. The van der Waals surface area contributed by atoms with E-state index in [1.807, 2.05) is 18.2 Å². The van der Waals surface area contributed by atoms with Gasteiger partial charge >= 0.3 is 11.9 Å². The number of aliphatic hydroxyl groups is 1. The van der Waals surface area contributed by atoms with Gasteiger partial charge in [-0.3, -0.25) is 4.79 Å². The predicted octanol–water partition coefficient (Wildman–Crippen LogP) is 5.08. The van der Waals surface area contributed by atoms with E-state index in [0.29, 0.717) is 17.4 Å². The molecule has 5 rings (SSSR count). The molecule has 1 aromatic carbocycles. The van der Waals surface area contributed by atoms with Crippen LogP contribution in [0.3, 0.4) is 0 Å². The van der Waals surface area contributed by atoms with E-state index in [1.165, 1.54) is 12.5 Å². The van der Waals surface area contributed by atoms with Crippen molar-refractivity contribution in [3.05, 3.63) is 47.5 Å². The first kappa shape index (κ1) is 22.6. The summed E-state index contributed by atoms with van der Waals surface area (Å²) in [6.45, 7) is 6.10. The van der Waals surface area contributed by atoms with Crippen LogP contribution < -0.4 is 0 Å². The molecule has 0 bridgehead atoms. The van der Waals surface area contributed by atoms with Gasteiger partial charge in [0.2, 0.25) is 0 Å². The number of fused-ring (bicyclic) bond motifs is 5. The molecule has 0 aromatic heterocycles. The van der Waals surface area contributed by atoms with E-state index in [-0.39, 0.29) is 40.9 Å². The molecule has 1 N–H and O–H groups in total. The molecule has 178 valence electrons. The third kappa shape index (κ3) is 3.73. The molecule has 0 amide bonds. The van der Waals surface area contributed by atoms with E-state index in [9.17, 15) is 14.7 Å². The lowest BCUT2D eigenvalue weighted by Gasteiger charge is -2.58. The molecule has 3 saturated carbocycles.